The summed E-state index contributed by atoms with van der Waals surface area (Å²) < 4.78 is 2.51. The highest BCUT2D eigenvalue weighted by molar-refractivity contribution is 9.10. The Balaban J connectivity index is 2.49. The van der Waals surface area contributed by atoms with Crippen LogP contribution in [-0.2, 0) is 6.54 Å². The number of benzene rings is 1. The molecule has 0 unspecified atom stereocenters. The second-order valence-corrected chi connectivity index (χ2v) is 4.61. The van der Waals surface area contributed by atoms with Crippen molar-refractivity contribution in [1.29, 1.82) is 0 Å². The molecule has 0 fully saturated rings. The highest BCUT2D eigenvalue weighted by Gasteiger charge is 2.14. The molecular formula is C12H12BrN3O2. The quantitative estimate of drug-likeness (QED) is 0.520. The van der Waals surface area contributed by atoms with Crippen molar-refractivity contribution in [3.8, 4) is 5.75 Å². The first-order chi connectivity index (χ1) is 8.65. The zero-order chi connectivity index (χ0) is 13.1. The van der Waals surface area contributed by atoms with Gasteiger partial charge in [-0.3, -0.25) is 4.68 Å². The number of phenols is 1. The lowest BCUT2D eigenvalue weighted by Crippen LogP contribution is -2.03. The van der Waals surface area contributed by atoms with Gasteiger partial charge in [0, 0.05) is 28.3 Å². The first-order valence-corrected chi connectivity index (χ1v) is 6.18. The van der Waals surface area contributed by atoms with Crippen LogP contribution in [0.5, 0.6) is 5.75 Å². The van der Waals surface area contributed by atoms with E-state index in [1.165, 1.54) is 6.07 Å². The van der Waals surface area contributed by atoms with Crippen molar-refractivity contribution in [2.45, 2.75) is 13.5 Å². The minimum absolute atomic E-state index is 0.0512. The number of oxime groups is 1. The van der Waals surface area contributed by atoms with Crippen LogP contribution in [0.15, 0.2) is 40.2 Å². The summed E-state index contributed by atoms with van der Waals surface area (Å²) in [5.41, 5.74) is 1.38. The molecule has 0 bridgehead atoms. The van der Waals surface area contributed by atoms with Crippen molar-refractivity contribution in [2.24, 2.45) is 5.16 Å². The van der Waals surface area contributed by atoms with Crippen LogP contribution < -0.4 is 0 Å². The van der Waals surface area contributed by atoms with Gasteiger partial charge >= 0.3 is 0 Å². The first kappa shape index (κ1) is 12.6. The molecule has 1 aromatic carbocycles. The molecular weight excluding hydrogens is 298 g/mol. The fraction of sp³-hybridized carbons (Fsp3) is 0.167. The zero-order valence-corrected chi connectivity index (χ0v) is 11.3. The fourth-order valence-electron chi connectivity index (χ4n) is 1.62. The van der Waals surface area contributed by atoms with Crippen LogP contribution in [0.1, 0.15) is 18.1 Å². The molecule has 0 atom stereocenters. The molecule has 2 N–H and O–H groups in total. The van der Waals surface area contributed by atoms with E-state index in [0.717, 1.165) is 11.0 Å². The number of aromatic hydroxyl groups is 1. The van der Waals surface area contributed by atoms with E-state index < -0.39 is 0 Å². The predicted octanol–water partition coefficient (Wildman–Crippen LogP) is 2.60. The highest BCUT2D eigenvalue weighted by Crippen LogP contribution is 2.24. The third-order valence-electron chi connectivity index (χ3n) is 2.54. The monoisotopic (exact) mass is 309 g/mol. The molecule has 18 heavy (non-hydrogen) atoms. The van der Waals surface area contributed by atoms with Crippen molar-refractivity contribution in [2.75, 3.05) is 0 Å². The summed E-state index contributed by atoms with van der Waals surface area (Å²) in [4.78, 5) is 0. The molecule has 2 rings (SSSR count). The molecule has 5 nitrogen and oxygen atoms in total. The van der Waals surface area contributed by atoms with E-state index in [2.05, 4.69) is 26.2 Å². The van der Waals surface area contributed by atoms with Gasteiger partial charge in [0.2, 0.25) is 0 Å². The molecule has 0 aliphatic rings. The van der Waals surface area contributed by atoms with Gasteiger partial charge in [0.1, 0.15) is 11.5 Å². The Labute approximate surface area is 112 Å². The average Bonchev–Trinajstić information content (AvgIpc) is 2.83. The Kier molecular flexibility index (Phi) is 3.66. The second-order valence-electron chi connectivity index (χ2n) is 3.69. The van der Waals surface area contributed by atoms with Gasteiger partial charge < -0.3 is 10.3 Å². The first-order valence-electron chi connectivity index (χ1n) is 5.39. The molecule has 2 aromatic rings. The number of hydrogen-bond donors (Lipinski definition) is 2. The van der Waals surface area contributed by atoms with Crippen LogP contribution in [0.4, 0.5) is 0 Å². The molecule has 94 valence electrons. The normalized spacial score (nSPS) is 11.8. The lowest BCUT2D eigenvalue weighted by molar-refractivity contribution is 0.319. The van der Waals surface area contributed by atoms with E-state index in [0.29, 0.717) is 11.1 Å². The zero-order valence-electron chi connectivity index (χ0n) is 9.71. The van der Waals surface area contributed by atoms with E-state index in [1.54, 1.807) is 29.2 Å². The average molecular weight is 310 g/mol. The van der Waals surface area contributed by atoms with Crippen LogP contribution in [0.3, 0.4) is 0 Å². The number of phenolic OH excluding ortho intramolecular Hbond substituents is 1. The van der Waals surface area contributed by atoms with Crippen LogP contribution >= 0.6 is 15.9 Å². The lowest BCUT2D eigenvalue weighted by atomic mass is 10.0. The van der Waals surface area contributed by atoms with E-state index >= 15 is 0 Å². The number of halogens is 1. The van der Waals surface area contributed by atoms with Gasteiger partial charge in [-0.25, -0.2) is 0 Å². The second kappa shape index (κ2) is 5.22. The van der Waals surface area contributed by atoms with Gasteiger partial charge in [0.25, 0.3) is 0 Å². The van der Waals surface area contributed by atoms with E-state index in [9.17, 15) is 5.11 Å². The minimum atomic E-state index is 0.0512. The van der Waals surface area contributed by atoms with Gasteiger partial charge in [-0.1, -0.05) is 21.1 Å². The van der Waals surface area contributed by atoms with Crippen molar-refractivity contribution in [3.63, 3.8) is 0 Å². The fourth-order valence-corrected chi connectivity index (χ4v) is 1.98. The Morgan fingerprint density at radius 1 is 1.50 bits per heavy atom. The number of aromatic nitrogens is 2. The third kappa shape index (κ3) is 2.38. The topological polar surface area (TPSA) is 70.6 Å². The molecule has 0 amide bonds. The van der Waals surface area contributed by atoms with E-state index in [-0.39, 0.29) is 11.5 Å². The summed E-state index contributed by atoms with van der Waals surface area (Å²) in [5.74, 6) is 0.0512. The number of hydrogen-bond acceptors (Lipinski definition) is 4. The summed E-state index contributed by atoms with van der Waals surface area (Å²) in [6.45, 7) is 2.69. The van der Waals surface area contributed by atoms with Crippen molar-refractivity contribution >= 4 is 21.6 Å². The van der Waals surface area contributed by atoms with E-state index in [4.69, 9.17) is 5.21 Å². The smallest absolute Gasteiger partial charge is 0.125 e. The molecule has 0 radical (unpaired) electrons. The Hall–Kier alpha value is -1.82. The van der Waals surface area contributed by atoms with Crippen molar-refractivity contribution in [3.05, 3.63) is 46.2 Å². The Morgan fingerprint density at radius 2 is 2.28 bits per heavy atom. The summed E-state index contributed by atoms with van der Waals surface area (Å²) in [6.07, 6.45) is 3.36. The van der Waals surface area contributed by atoms with E-state index in [1.807, 2.05) is 6.92 Å². The molecule has 0 aliphatic heterocycles. The van der Waals surface area contributed by atoms with Gasteiger partial charge in [0.15, 0.2) is 0 Å². The molecule has 0 saturated heterocycles. The largest absolute Gasteiger partial charge is 0.507 e. The van der Waals surface area contributed by atoms with Gasteiger partial charge in [-0.2, -0.15) is 5.10 Å². The number of aryl methyl sites for hydroxylation is 1. The number of nitrogens with zero attached hydrogens (tertiary/aromatic N) is 3. The lowest BCUT2D eigenvalue weighted by Gasteiger charge is -2.05. The summed E-state index contributed by atoms with van der Waals surface area (Å²) in [6, 6.07) is 4.94. The summed E-state index contributed by atoms with van der Waals surface area (Å²) in [7, 11) is 0. The van der Waals surface area contributed by atoms with Crippen LogP contribution in [-0.4, -0.2) is 25.8 Å². The maximum Gasteiger partial charge on any atom is 0.125 e. The Bertz CT molecular complexity index is 593. The molecule has 0 aliphatic carbocycles. The van der Waals surface area contributed by atoms with Crippen LogP contribution in [0.2, 0.25) is 0 Å². The van der Waals surface area contributed by atoms with Gasteiger partial charge in [-0.05, 0) is 25.1 Å². The molecule has 0 saturated carbocycles. The van der Waals surface area contributed by atoms with Crippen LogP contribution in [0.25, 0.3) is 0 Å². The minimum Gasteiger partial charge on any atom is -0.507 e. The third-order valence-corrected chi connectivity index (χ3v) is 3.04. The SMILES string of the molecule is CCn1cc(/C(=N\O)c2cc(Br)ccc2O)cn1. The Morgan fingerprint density at radius 3 is 2.89 bits per heavy atom. The van der Waals surface area contributed by atoms with Crippen LogP contribution in [0, 0.1) is 0 Å². The molecule has 1 heterocycles. The van der Waals surface area contributed by atoms with Crippen molar-refractivity contribution in [1.82, 2.24) is 9.78 Å². The van der Waals surface area contributed by atoms with Gasteiger partial charge in [-0.15, -0.1) is 0 Å². The summed E-state index contributed by atoms with van der Waals surface area (Å²) in [5, 5.41) is 26.3. The standard InChI is InChI=1S/C12H12BrN3O2/c1-2-16-7-8(6-14-16)12(15-18)10-5-9(13)3-4-11(10)17/h3-7,17-18H,2H2,1H3/b15-12+. The molecule has 6 heteroatoms. The van der Waals surface area contributed by atoms with Gasteiger partial charge in [0.05, 0.1) is 6.20 Å². The highest BCUT2D eigenvalue weighted by atomic mass is 79.9. The van der Waals surface area contributed by atoms with Crippen molar-refractivity contribution < 1.29 is 10.3 Å². The maximum atomic E-state index is 9.82. The maximum absolute atomic E-state index is 9.82. The summed E-state index contributed by atoms with van der Waals surface area (Å²) >= 11 is 3.32. The molecule has 1 aromatic heterocycles. The predicted molar refractivity (Wildman–Crippen MR) is 71.1 cm³/mol. The number of rotatable bonds is 3. The molecule has 0 spiro atoms.